The molecule has 2 aromatic carbocycles. The first kappa shape index (κ1) is 23.8. The van der Waals surface area contributed by atoms with Gasteiger partial charge in [-0.2, -0.15) is 0 Å². The fourth-order valence-corrected chi connectivity index (χ4v) is 4.35. The molecule has 0 radical (unpaired) electrons. The maximum Gasteiger partial charge on any atom is 0.323 e. The summed E-state index contributed by atoms with van der Waals surface area (Å²) in [5.41, 5.74) is 2.50. The van der Waals surface area contributed by atoms with E-state index in [0.29, 0.717) is 41.9 Å². The van der Waals surface area contributed by atoms with E-state index in [2.05, 4.69) is 10.3 Å². The molecule has 180 valence electrons. The minimum absolute atomic E-state index is 0.0516. The van der Waals surface area contributed by atoms with Crippen LogP contribution in [-0.2, 0) is 22.7 Å². The van der Waals surface area contributed by atoms with Crippen molar-refractivity contribution in [1.29, 1.82) is 0 Å². The Morgan fingerprint density at radius 2 is 2.06 bits per heavy atom. The molecule has 1 aliphatic rings. The van der Waals surface area contributed by atoms with E-state index in [1.807, 2.05) is 11.0 Å². The standard InChI is InChI=1S/C25H29FN4O4/c1-16-4-5-17(10-20(16)26)13-27-18-8-9-29(23(11-18)25(32)34-3)15-30-22-12-19(33-2)6-7-21(22)28-14-24(30)31/h4-7,10,12,14,18,23,27H,8-9,11,13,15H2,1-3H3. The second-order valence-electron chi connectivity index (χ2n) is 8.56. The Kier molecular flexibility index (Phi) is 7.23. The molecule has 0 bridgehead atoms. The number of rotatable bonds is 7. The van der Waals surface area contributed by atoms with Crippen LogP contribution >= 0.6 is 0 Å². The van der Waals surface area contributed by atoms with Crippen LogP contribution in [0.25, 0.3) is 11.0 Å². The Morgan fingerprint density at radius 3 is 2.79 bits per heavy atom. The second kappa shape index (κ2) is 10.3. The lowest BCUT2D eigenvalue weighted by Gasteiger charge is -2.38. The number of carbonyl (C=O) groups is 1. The zero-order valence-electron chi connectivity index (χ0n) is 19.6. The molecular formula is C25H29FN4O4. The fraction of sp³-hybridized carbons (Fsp3) is 0.400. The number of nitrogens with zero attached hydrogens (tertiary/aromatic N) is 3. The largest absolute Gasteiger partial charge is 0.497 e. The van der Waals surface area contributed by atoms with E-state index in [1.165, 1.54) is 19.4 Å². The minimum Gasteiger partial charge on any atom is -0.497 e. The number of piperidine rings is 1. The van der Waals surface area contributed by atoms with Gasteiger partial charge in [-0.25, -0.2) is 9.37 Å². The zero-order chi connectivity index (χ0) is 24.2. The third-order valence-corrected chi connectivity index (χ3v) is 6.39. The van der Waals surface area contributed by atoms with Gasteiger partial charge in [-0.05, 0) is 49.1 Å². The second-order valence-corrected chi connectivity index (χ2v) is 8.56. The highest BCUT2D eigenvalue weighted by atomic mass is 19.1. The molecule has 3 aromatic rings. The molecule has 2 atom stereocenters. The Bertz CT molecular complexity index is 1250. The molecule has 1 aromatic heterocycles. The van der Waals surface area contributed by atoms with Gasteiger partial charge in [-0.3, -0.25) is 19.1 Å². The number of fused-ring (bicyclic) bond motifs is 1. The quantitative estimate of drug-likeness (QED) is 0.534. The summed E-state index contributed by atoms with van der Waals surface area (Å²) in [7, 11) is 2.93. The summed E-state index contributed by atoms with van der Waals surface area (Å²) < 4.78 is 25.9. The summed E-state index contributed by atoms with van der Waals surface area (Å²) in [4.78, 5) is 31.5. The van der Waals surface area contributed by atoms with Gasteiger partial charge < -0.3 is 14.8 Å². The van der Waals surface area contributed by atoms with Crippen LogP contribution in [-0.4, -0.2) is 53.3 Å². The maximum absolute atomic E-state index is 13.9. The van der Waals surface area contributed by atoms with Crippen LogP contribution in [0.2, 0.25) is 0 Å². The highest BCUT2D eigenvalue weighted by molar-refractivity contribution is 5.77. The average molecular weight is 469 g/mol. The van der Waals surface area contributed by atoms with Crippen LogP contribution in [0.4, 0.5) is 4.39 Å². The number of hydrogen-bond donors (Lipinski definition) is 1. The van der Waals surface area contributed by atoms with Gasteiger partial charge in [0.2, 0.25) is 0 Å². The lowest BCUT2D eigenvalue weighted by atomic mass is 9.97. The highest BCUT2D eigenvalue weighted by Crippen LogP contribution is 2.23. The number of halogens is 1. The molecule has 2 unspecified atom stereocenters. The predicted octanol–water partition coefficient (Wildman–Crippen LogP) is 2.61. The first-order chi connectivity index (χ1) is 16.4. The van der Waals surface area contributed by atoms with Crippen LogP contribution in [0.1, 0.15) is 24.0 Å². The van der Waals surface area contributed by atoms with Gasteiger partial charge in [0.25, 0.3) is 5.56 Å². The lowest BCUT2D eigenvalue weighted by molar-refractivity contribution is -0.149. The number of ether oxygens (including phenoxy) is 2. The number of nitrogens with one attached hydrogen (secondary N) is 1. The molecule has 0 saturated carbocycles. The Labute approximate surface area is 197 Å². The van der Waals surface area contributed by atoms with Crippen LogP contribution in [0.15, 0.2) is 47.4 Å². The van der Waals surface area contributed by atoms with E-state index >= 15 is 0 Å². The molecule has 1 N–H and O–H groups in total. The third kappa shape index (κ3) is 5.10. The van der Waals surface area contributed by atoms with Gasteiger partial charge in [0.05, 0.1) is 38.1 Å². The van der Waals surface area contributed by atoms with Crippen LogP contribution in [0.5, 0.6) is 5.75 Å². The van der Waals surface area contributed by atoms with E-state index in [1.54, 1.807) is 42.9 Å². The number of aromatic nitrogens is 2. The van der Waals surface area contributed by atoms with E-state index < -0.39 is 6.04 Å². The fourth-order valence-electron chi connectivity index (χ4n) is 4.35. The number of esters is 1. The number of methoxy groups -OCH3 is 2. The topological polar surface area (TPSA) is 85.7 Å². The molecular weight excluding hydrogens is 439 g/mol. The van der Waals surface area contributed by atoms with Crippen molar-refractivity contribution in [3.8, 4) is 5.75 Å². The molecule has 8 nitrogen and oxygen atoms in total. The average Bonchev–Trinajstić information content (AvgIpc) is 2.86. The van der Waals surface area contributed by atoms with E-state index in [-0.39, 0.29) is 30.1 Å². The molecule has 0 aliphatic carbocycles. The summed E-state index contributed by atoms with van der Waals surface area (Å²) in [5.74, 6) is 0.0405. The van der Waals surface area contributed by atoms with Gasteiger partial charge in [0.1, 0.15) is 17.6 Å². The van der Waals surface area contributed by atoms with Gasteiger partial charge in [0, 0.05) is 25.2 Å². The van der Waals surface area contributed by atoms with Crippen LogP contribution in [0, 0.1) is 12.7 Å². The van der Waals surface area contributed by atoms with Gasteiger partial charge in [0.15, 0.2) is 0 Å². The number of benzene rings is 2. The summed E-state index contributed by atoms with van der Waals surface area (Å²) in [6.45, 7) is 3.04. The molecule has 9 heteroatoms. The van der Waals surface area contributed by atoms with Crippen molar-refractivity contribution in [3.63, 3.8) is 0 Å². The van der Waals surface area contributed by atoms with E-state index in [9.17, 15) is 14.0 Å². The van der Waals surface area contributed by atoms with Crippen LogP contribution in [0.3, 0.4) is 0 Å². The monoisotopic (exact) mass is 468 g/mol. The number of aryl methyl sites for hydroxylation is 1. The Balaban J connectivity index is 1.52. The van der Waals surface area contributed by atoms with Crippen molar-refractivity contribution in [3.05, 3.63) is 69.9 Å². The molecule has 0 amide bonds. The maximum atomic E-state index is 13.9. The Morgan fingerprint density at radius 1 is 1.24 bits per heavy atom. The number of likely N-dealkylation sites (tertiary alicyclic amines) is 1. The molecule has 4 rings (SSSR count). The molecule has 1 fully saturated rings. The lowest BCUT2D eigenvalue weighted by Crippen LogP contribution is -2.53. The third-order valence-electron chi connectivity index (χ3n) is 6.39. The molecule has 2 heterocycles. The Hall–Kier alpha value is -3.30. The smallest absolute Gasteiger partial charge is 0.323 e. The zero-order valence-corrected chi connectivity index (χ0v) is 19.6. The van der Waals surface area contributed by atoms with E-state index in [4.69, 9.17) is 9.47 Å². The van der Waals surface area contributed by atoms with Crippen LogP contribution < -0.4 is 15.6 Å². The summed E-state index contributed by atoms with van der Waals surface area (Å²) >= 11 is 0. The number of hydrogen-bond acceptors (Lipinski definition) is 7. The normalized spacial score (nSPS) is 18.7. The summed E-state index contributed by atoms with van der Waals surface area (Å²) in [6.07, 6.45) is 2.57. The van der Waals surface area contributed by atoms with Crippen molar-refractivity contribution in [1.82, 2.24) is 19.8 Å². The highest BCUT2D eigenvalue weighted by Gasteiger charge is 2.34. The van der Waals surface area contributed by atoms with Crippen molar-refractivity contribution >= 4 is 17.0 Å². The molecule has 1 saturated heterocycles. The summed E-state index contributed by atoms with van der Waals surface area (Å²) in [5, 5.41) is 3.44. The van der Waals surface area contributed by atoms with Crippen molar-refractivity contribution < 1.29 is 18.7 Å². The molecule has 0 spiro atoms. The first-order valence-corrected chi connectivity index (χ1v) is 11.2. The predicted molar refractivity (Wildman–Crippen MR) is 126 cm³/mol. The van der Waals surface area contributed by atoms with Gasteiger partial charge in [-0.15, -0.1) is 0 Å². The van der Waals surface area contributed by atoms with Crippen molar-refractivity contribution in [2.45, 2.75) is 45.1 Å². The van der Waals surface area contributed by atoms with Crippen molar-refractivity contribution in [2.24, 2.45) is 0 Å². The SMILES string of the molecule is COC(=O)C1CC(NCc2ccc(C)c(F)c2)CCN1Cn1c(=O)cnc2ccc(OC)cc21. The van der Waals surface area contributed by atoms with Gasteiger partial charge >= 0.3 is 5.97 Å². The number of carbonyl (C=O) groups excluding carboxylic acids is 1. The molecule has 34 heavy (non-hydrogen) atoms. The first-order valence-electron chi connectivity index (χ1n) is 11.2. The minimum atomic E-state index is -0.522. The van der Waals surface area contributed by atoms with Crippen molar-refractivity contribution in [2.75, 3.05) is 20.8 Å². The van der Waals surface area contributed by atoms with Gasteiger partial charge in [-0.1, -0.05) is 12.1 Å². The van der Waals surface area contributed by atoms with E-state index in [0.717, 1.165) is 12.0 Å². The molecule has 1 aliphatic heterocycles. The summed E-state index contributed by atoms with van der Waals surface area (Å²) in [6, 6.07) is 10.1.